The Morgan fingerprint density at radius 3 is 1.94 bits per heavy atom. The van der Waals surface area contributed by atoms with E-state index in [0.717, 1.165) is 24.7 Å². The lowest BCUT2D eigenvalue weighted by Crippen LogP contribution is -2.45. The highest BCUT2D eigenvalue weighted by Gasteiger charge is 2.28. The molecule has 2 unspecified atom stereocenters. The SMILES string of the molecule is CC1CC(C)CC(NC2CCS(=O)(=O)CC2)C1. The summed E-state index contributed by atoms with van der Waals surface area (Å²) in [5, 5.41) is 3.69. The van der Waals surface area contributed by atoms with Gasteiger partial charge < -0.3 is 5.32 Å². The molecule has 1 N–H and O–H groups in total. The number of hydrogen-bond acceptors (Lipinski definition) is 3. The summed E-state index contributed by atoms with van der Waals surface area (Å²) in [5.41, 5.74) is 0. The monoisotopic (exact) mass is 259 g/mol. The molecule has 4 heteroatoms. The summed E-state index contributed by atoms with van der Waals surface area (Å²) in [6.07, 6.45) is 5.47. The molecule has 1 aliphatic heterocycles. The summed E-state index contributed by atoms with van der Waals surface area (Å²) in [6.45, 7) is 4.66. The molecule has 0 radical (unpaired) electrons. The second kappa shape index (κ2) is 5.27. The van der Waals surface area contributed by atoms with E-state index in [0.29, 0.717) is 23.6 Å². The molecule has 0 bridgehead atoms. The molecule has 2 fully saturated rings. The van der Waals surface area contributed by atoms with Gasteiger partial charge in [-0.1, -0.05) is 13.8 Å². The Hall–Kier alpha value is -0.0900. The van der Waals surface area contributed by atoms with Crippen LogP contribution in [0.25, 0.3) is 0 Å². The van der Waals surface area contributed by atoms with Crippen LogP contribution in [0.2, 0.25) is 0 Å². The first-order chi connectivity index (χ1) is 7.94. The van der Waals surface area contributed by atoms with E-state index in [2.05, 4.69) is 19.2 Å². The van der Waals surface area contributed by atoms with Crippen molar-refractivity contribution < 1.29 is 8.42 Å². The van der Waals surface area contributed by atoms with Crippen LogP contribution in [0.3, 0.4) is 0 Å². The highest BCUT2D eigenvalue weighted by atomic mass is 32.2. The maximum Gasteiger partial charge on any atom is 0.150 e. The molecule has 1 heterocycles. The van der Waals surface area contributed by atoms with Crippen LogP contribution in [0, 0.1) is 11.8 Å². The molecule has 2 rings (SSSR count). The van der Waals surface area contributed by atoms with Gasteiger partial charge in [0.05, 0.1) is 11.5 Å². The molecule has 3 nitrogen and oxygen atoms in total. The molecule has 1 saturated heterocycles. The minimum atomic E-state index is -2.72. The average Bonchev–Trinajstić information content (AvgIpc) is 2.20. The fourth-order valence-electron chi connectivity index (χ4n) is 3.47. The predicted molar refractivity (Wildman–Crippen MR) is 70.8 cm³/mol. The van der Waals surface area contributed by atoms with Gasteiger partial charge in [0, 0.05) is 12.1 Å². The van der Waals surface area contributed by atoms with Crippen molar-refractivity contribution in [3.05, 3.63) is 0 Å². The molecule has 0 aromatic carbocycles. The van der Waals surface area contributed by atoms with E-state index in [9.17, 15) is 8.42 Å². The third-order valence-corrected chi connectivity index (χ3v) is 5.92. The number of hydrogen-bond donors (Lipinski definition) is 1. The summed E-state index contributed by atoms with van der Waals surface area (Å²) in [7, 11) is -2.72. The third-order valence-electron chi connectivity index (χ3n) is 4.20. The Kier molecular flexibility index (Phi) is 4.14. The first-order valence-electron chi connectivity index (χ1n) is 6.91. The first-order valence-corrected chi connectivity index (χ1v) is 8.73. The minimum absolute atomic E-state index is 0.377. The van der Waals surface area contributed by atoms with Gasteiger partial charge in [-0.2, -0.15) is 0 Å². The smallest absolute Gasteiger partial charge is 0.150 e. The van der Waals surface area contributed by atoms with Crippen molar-refractivity contribution in [2.24, 2.45) is 11.8 Å². The van der Waals surface area contributed by atoms with Crippen LogP contribution in [0.15, 0.2) is 0 Å². The Balaban J connectivity index is 1.81. The van der Waals surface area contributed by atoms with Gasteiger partial charge in [-0.3, -0.25) is 0 Å². The maximum atomic E-state index is 11.4. The quantitative estimate of drug-likeness (QED) is 0.825. The Morgan fingerprint density at radius 2 is 1.41 bits per heavy atom. The van der Waals surface area contributed by atoms with Gasteiger partial charge in [0.25, 0.3) is 0 Å². The minimum Gasteiger partial charge on any atom is -0.311 e. The molecular weight excluding hydrogens is 234 g/mol. The first kappa shape index (κ1) is 13.3. The van der Waals surface area contributed by atoms with Gasteiger partial charge in [-0.25, -0.2) is 8.42 Å². The largest absolute Gasteiger partial charge is 0.311 e. The van der Waals surface area contributed by atoms with Gasteiger partial charge >= 0.3 is 0 Å². The van der Waals surface area contributed by atoms with Crippen LogP contribution in [-0.2, 0) is 9.84 Å². The Morgan fingerprint density at radius 1 is 0.882 bits per heavy atom. The molecule has 17 heavy (non-hydrogen) atoms. The zero-order valence-electron chi connectivity index (χ0n) is 11.0. The van der Waals surface area contributed by atoms with Crippen molar-refractivity contribution in [2.45, 2.75) is 58.0 Å². The van der Waals surface area contributed by atoms with Crippen LogP contribution in [-0.4, -0.2) is 32.0 Å². The third kappa shape index (κ3) is 3.95. The van der Waals surface area contributed by atoms with Gasteiger partial charge in [0.2, 0.25) is 0 Å². The molecule has 0 amide bonds. The van der Waals surface area contributed by atoms with Gasteiger partial charge in [-0.15, -0.1) is 0 Å². The second-order valence-electron chi connectivity index (χ2n) is 6.21. The van der Waals surface area contributed by atoms with E-state index in [1.165, 1.54) is 19.3 Å². The molecule has 2 atom stereocenters. The lowest BCUT2D eigenvalue weighted by atomic mass is 9.80. The van der Waals surface area contributed by atoms with E-state index in [1.54, 1.807) is 0 Å². The van der Waals surface area contributed by atoms with E-state index >= 15 is 0 Å². The van der Waals surface area contributed by atoms with Crippen LogP contribution in [0.4, 0.5) is 0 Å². The van der Waals surface area contributed by atoms with E-state index in [4.69, 9.17) is 0 Å². The van der Waals surface area contributed by atoms with Crippen molar-refractivity contribution in [3.8, 4) is 0 Å². The second-order valence-corrected chi connectivity index (χ2v) is 8.51. The molecule has 0 aromatic heterocycles. The zero-order chi connectivity index (χ0) is 12.5. The zero-order valence-corrected chi connectivity index (χ0v) is 11.8. The highest BCUT2D eigenvalue weighted by Crippen LogP contribution is 2.29. The summed E-state index contributed by atoms with van der Waals surface area (Å²) < 4.78 is 22.7. The standard InChI is InChI=1S/C13H25NO2S/c1-10-7-11(2)9-13(8-10)14-12-3-5-17(15,16)6-4-12/h10-14H,3-9H2,1-2H3. The fourth-order valence-corrected chi connectivity index (χ4v) is 4.96. The van der Waals surface area contributed by atoms with Gasteiger partial charge in [0.1, 0.15) is 9.84 Å². The number of rotatable bonds is 2. The molecule has 1 saturated carbocycles. The average molecular weight is 259 g/mol. The van der Waals surface area contributed by atoms with Crippen LogP contribution in [0.5, 0.6) is 0 Å². The topological polar surface area (TPSA) is 46.2 Å². The number of nitrogens with one attached hydrogen (secondary N) is 1. The Bertz CT molecular complexity index is 328. The molecular formula is C13H25NO2S. The summed E-state index contributed by atoms with van der Waals surface area (Å²) in [5.74, 6) is 2.37. The summed E-state index contributed by atoms with van der Waals surface area (Å²) in [4.78, 5) is 0. The molecule has 100 valence electrons. The van der Waals surface area contributed by atoms with E-state index in [1.807, 2.05) is 0 Å². The van der Waals surface area contributed by atoms with Gasteiger partial charge in [0.15, 0.2) is 0 Å². The summed E-state index contributed by atoms with van der Waals surface area (Å²) in [6, 6.07) is 1.04. The lowest BCUT2D eigenvalue weighted by molar-refractivity contribution is 0.221. The van der Waals surface area contributed by atoms with Gasteiger partial charge in [-0.05, 0) is 43.9 Å². The van der Waals surface area contributed by atoms with Crippen LogP contribution >= 0.6 is 0 Å². The van der Waals surface area contributed by atoms with Crippen molar-refractivity contribution in [3.63, 3.8) is 0 Å². The maximum absolute atomic E-state index is 11.4. The summed E-state index contributed by atoms with van der Waals surface area (Å²) >= 11 is 0. The van der Waals surface area contributed by atoms with Crippen LogP contribution in [0.1, 0.15) is 46.0 Å². The molecule has 2 aliphatic rings. The van der Waals surface area contributed by atoms with Crippen molar-refractivity contribution in [1.82, 2.24) is 5.32 Å². The van der Waals surface area contributed by atoms with E-state index in [-0.39, 0.29) is 0 Å². The van der Waals surface area contributed by atoms with Crippen molar-refractivity contribution in [1.29, 1.82) is 0 Å². The van der Waals surface area contributed by atoms with Crippen molar-refractivity contribution >= 4 is 9.84 Å². The lowest BCUT2D eigenvalue weighted by Gasteiger charge is -2.35. The molecule has 1 aliphatic carbocycles. The normalized spacial score (nSPS) is 39.1. The molecule has 0 spiro atoms. The van der Waals surface area contributed by atoms with E-state index < -0.39 is 9.84 Å². The predicted octanol–water partition coefficient (Wildman–Crippen LogP) is 1.98. The molecule has 0 aromatic rings. The number of sulfone groups is 1. The van der Waals surface area contributed by atoms with Crippen molar-refractivity contribution in [2.75, 3.05) is 11.5 Å². The Labute approximate surface area is 105 Å². The van der Waals surface area contributed by atoms with Crippen LogP contribution < -0.4 is 5.32 Å². The fraction of sp³-hybridized carbons (Fsp3) is 1.00. The highest BCUT2D eigenvalue weighted by molar-refractivity contribution is 7.91.